The molecule has 0 aromatic heterocycles. The zero-order valence-corrected chi connectivity index (χ0v) is 43.7. The van der Waals surface area contributed by atoms with E-state index in [2.05, 4.69) is 50.3 Å². The number of phenols is 2. The number of allylic oxidation sites excluding steroid dienone is 6. The van der Waals surface area contributed by atoms with E-state index < -0.39 is 38.0 Å². The van der Waals surface area contributed by atoms with Gasteiger partial charge >= 0.3 is 38.7 Å². The fourth-order valence-electron chi connectivity index (χ4n) is 7.22. The third-order valence-corrected chi connectivity index (χ3v) is 12.2. The van der Waals surface area contributed by atoms with Crippen LogP contribution in [0.4, 0.5) is 13.2 Å². The number of alkyl halides is 3. The van der Waals surface area contributed by atoms with Crippen LogP contribution in [0.15, 0.2) is 71.9 Å². The van der Waals surface area contributed by atoms with Gasteiger partial charge in [-0.1, -0.05) is 67.9 Å². The normalized spacial score (nSPS) is 19.3. The summed E-state index contributed by atoms with van der Waals surface area (Å²) in [6.45, 7) is 35.6. The zero-order chi connectivity index (χ0) is 44.6. The van der Waals surface area contributed by atoms with Crippen molar-refractivity contribution in [1.29, 1.82) is 0 Å². The van der Waals surface area contributed by atoms with Crippen LogP contribution >= 0.6 is 0 Å². The molecule has 2 aromatic carbocycles. The molecule has 0 aliphatic heterocycles. The molecular formula is C45H68BrF3MgO7SSi2. The molecule has 0 saturated heterocycles. The Morgan fingerprint density at radius 2 is 1.17 bits per heavy atom. The van der Waals surface area contributed by atoms with Gasteiger partial charge in [0.15, 0.2) is 0 Å². The second-order valence-corrected chi connectivity index (χ2v) is 28.0. The van der Waals surface area contributed by atoms with Crippen LogP contribution in [0.3, 0.4) is 0 Å². The summed E-state index contributed by atoms with van der Waals surface area (Å²) in [6.07, 6.45) is 11.0. The molecule has 334 valence electrons. The summed E-state index contributed by atoms with van der Waals surface area (Å²) in [7, 11) is -10.4. The van der Waals surface area contributed by atoms with Gasteiger partial charge in [0.25, 0.3) is 0 Å². The number of hydrogen-bond acceptors (Lipinski definition) is 7. The van der Waals surface area contributed by atoms with Gasteiger partial charge in [0.1, 0.15) is 28.7 Å². The number of phenolic OH excluding ortho intramolecular Hbond substituents is 2. The van der Waals surface area contributed by atoms with E-state index in [1.54, 1.807) is 12.1 Å². The van der Waals surface area contributed by atoms with E-state index in [4.69, 9.17) is 8.85 Å². The molecule has 4 atom stereocenters. The molecule has 0 unspecified atom stereocenters. The summed E-state index contributed by atoms with van der Waals surface area (Å²) in [6, 6.07) is 6.07. The Hall–Kier alpha value is -2.18. The van der Waals surface area contributed by atoms with Crippen molar-refractivity contribution in [3.05, 3.63) is 95.5 Å². The van der Waals surface area contributed by atoms with Crippen molar-refractivity contribution in [1.82, 2.24) is 0 Å². The Balaban J connectivity index is 0.00000115. The molecule has 2 aromatic rings. The van der Waals surface area contributed by atoms with E-state index in [1.165, 1.54) is 23.3 Å². The van der Waals surface area contributed by atoms with Crippen molar-refractivity contribution in [2.45, 2.75) is 143 Å². The molecule has 2 aliphatic carbocycles. The Labute approximate surface area is 388 Å². The van der Waals surface area contributed by atoms with Gasteiger partial charge < -0.3 is 47.2 Å². The third kappa shape index (κ3) is 17.2. The minimum absolute atomic E-state index is 0. The molecule has 15 heteroatoms. The summed E-state index contributed by atoms with van der Waals surface area (Å²) < 4.78 is 79.7. The van der Waals surface area contributed by atoms with E-state index in [1.807, 2.05) is 67.0 Å². The fourth-order valence-corrected chi connectivity index (χ4v) is 9.32. The van der Waals surface area contributed by atoms with E-state index in [0.29, 0.717) is 11.1 Å². The van der Waals surface area contributed by atoms with Crippen molar-refractivity contribution in [2.24, 2.45) is 11.8 Å². The van der Waals surface area contributed by atoms with Crippen LogP contribution in [0.1, 0.15) is 109 Å². The first-order chi connectivity index (χ1) is 26.5. The van der Waals surface area contributed by atoms with Crippen LogP contribution in [-0.4, -0.2) is 63.8 Å². The monoisotopic (exact) mass is 968 g/mol. The molecule has 2 N–H and O–H groups in total. The molecule has 0 fully saturated rings. The van der Waals surface area contributed by atoms with Crippen molar-refractivity contribution >= 4 is 49.8 Å². The second-order valence-electron chi connectivity index (χ2n) is 17.6. The second kappa shape index (κ2) is 24.0. The zero-order valence-electron chi connectivity index (χ0n) is 37.9. The number of rotatable bonds is 12. The number of halogens is 4. The summed E-state index contributed by atoms with van der Waals surface area (Å²) >= 11 is 0. The topological polar surface area (TPSA) is 102 Å². The van der Waals surface area contributed by atoms with Crippen molar-refractivity contribution in [3.63, 3.8) is 0 Å². The first kappa shape index (κ1) is 57.8. The van der Waals surface area contributed by atoms with E-state index in [-0.39, 0.29) is 86.7 Å². The molecule has 2 aliphatic rings. The molecular weight excluding hydrogens is 902 g/mol. The van der Waals surface area contributed by atoms with Gasteiger partial charge in [0, 0.05) is 35.1 Å². The van der Waals surface area contributed by atoms with E-state index in [0.717, 1.165) is 61.7 Å². The summed E-state index contributed by atoms with van der Waals surface area (Å²) in [4.78, 5) is 0. The van der Waals surface area contributed by atoms with Crippen molar-refractivity contribution < 1.29 is 61.8 Å². The Bertz CT molecular complexity index is 1880. The van der Waals surface area contributed by atoms with Gasteiger partial charge in [-0.3, -0.25) is 0 Å². The summed E-state index contributed by atoms with van der Waals surface area (Å²) in [5, 5.41) is 20.8. The molecule has 0 heterocycles. The fraction of sp³-hybridized carbons (Fsp3) is 0.533. The standard InChI is InChI=1S/C23H35F3O5SSi2.C19H26O2.C3H7.BrH.Mg/c1-15(2)18-11-10-16(3)12-19(18)22-20(30-33(4,5)6)13-17(14-21(22)31-34(7,8)9)29-32(27,28)23(24,25)26;1-5-6-14-10-17(20)19(18(21)11-14)16-9-13(4)7-8-15(16)12(2)3;1-3-2;;/h12-14,18-19H,1,10-11H2,2-9H3;9-11,15-16,20-21H,2,5-8H2,1,3-4H3;1,3H2,2H3;1H;/q;;-1;;+2/p-1/t18-,19+;15-,16+;;;/m00.../s1. The molecule has 0 radical (unpaired) electrons. The van der Waals surface area contributed by atoms with Crippen molar-refractivity contribution in [3.8, 4) is 28.7 Å². The molecule has 0 saturated carbocycles. The average Bonchev–Trinajstić information content (AvgIpc) is 3.03. The van der Waals surface area contributed by atoms with E-state index in [9.17, 15) is 31.8 Å². The summed E-state index contributed by atoms with van der Waals surface area (Å²) in [5.74, 6) is 0.676. The van der Waals surface area contributed by atoms with Gasteiger partial charge in [-0.15, -0.1) is 0 Å². The van der Waals surface area contributed by atoms with Crippen LogP contribution in [0.25, 0.3) is 0 Å². The number of aromatic hydroxyl groups is 2. The van der Waals surface area contributed by atoms with Crippen LogP contribution in [0.2, 0.25) is 39.3 Å². The number of benzene rings is 2. The van der Waals surface area contributed by atoms with Gasteiger partial charge in [0.05, 0.1) is 0 Å². The predicted octanol–water partition coefficient (Wildman–Crippen LogP) is 10.3. The molecule has 7 nitrogen and oxygen atoms in total. The van der Waals surface area contributed by atoms with Crippen molar-refractivity contribution in [2.75, 3.05) is 0 Å². The summed E-state index contributed by atoms with van der Waals surface area (Å²) in [5.41, 5.74) is 1.36. The third-order valence-electron chi connectivity index (χ3n) is 9.56. The first-order valence-electron chi connectivity index (χ1n) is 20.1. The average molecular weight is 970 g/mol. The van der Waals surface area contributed by atoms with Crippen LogP contribution in [0, 0.1) is 18.8 Å². The maximum atomic E-state index is 13.0. The maximum absolute atomic E-state index is 13.0. The van der Waals surface area contributed by atoms with E-state index >= 15 is 0 Å². The number of aryl methyl sites for hydroxylation is 1. The predicted molar refractivity (Wildman–Crippen MR) is 243 cm³/mol. The Kier molecular flexibility index (Phi) is 23.2. The molecule has 4 rings (SSSR count). The van der Waals surface area contributed by atoms with Crippen LogP contribution in [0.5, 0.6) is 28.7 Å². The largest absolute Gasteiger partial charge is 2.00 e. The maximum Gasteiger partial charge on any atom is 2.00 e. The van der Waals surface area contributed by atoms with Gasteiger partial charge in [-0.2, -0.15) is 28.0 Å². The quantitative estimate of drug-likeness (QED) is 0.0718. The molecule has 60 heavy (non-hydrogen) atoms. The first-order valence-corrected chi connectivity index (χ1v) is 28.3. The minimum Gasteiger partial charge on any atom is -1.00 e. The van der Waals surface area contributed by atoms with Gasteiger partial charge in [-0.05, 0) is 129 Å². The number of hydrogen-bond donors (Lipinski definition) is 2. The smallest absolute Gasteiger partial charge is 1.00 e. The molecule has 0 spiro atoms. The Morgan fingerprint density at radius 1 is 0.800 bits per heavy atom. The molecule has 0 amide bonds. The van der Waals surface area contributed by atoms with Gasteiger partial charge in [0.2, 0.25) is 16.6 Å². The SMILES string of the molecule is C=C(C)[C@@H]1CCC(C)=C[C@H]1c1c(O)cc(CCC)cc1O.C=C(C)[C@@H]1CCC(C)=C[C@H]1c1c(O[Si](C)(C)C)cc(OS(=O)(=O)C(F)(F)F)cc1O[Si](C)(C)C.[Br-].[CH2-]CC.[Mg+2]. The van der Waals surface area contributed by atoms with Crippen LogP contribution < -0.4 is 30.0 Å². The van der Waals surface area contributed by atoms with Gasteiger partial charge in [-0.25, -0.2) is 0 Å². The van der Waals surface area contributed by atoms with Crippen LogP contribution in [-0.2, 0) is 16.5 Å². The Morgan fingerprint density at radius 3 is 1.48 bits per heavy atom. The molecule has 0 bridgehead atoms. The minimum atomic E-state index is -5.86.